The molecule has 1 atom stereocenters. The molecule has 0 spiro atoms. The van der Waals surface area contributed by atoms with Gasteiger partial charge in [-0.1, -0.05) is 6.92 Å². The fraction of sp³-hybridized carbons (Fsp3) is 0.421. The van der Waals surface area contributed by atoms with Gasteiger partial charge in [0.2, 0.25) is 5.65 Å². The Labute approximate surface area is 168 Å². The third-order valence-corrected chi connectivity index (χ3v) is 4.84. The van der Waals surface area contributed by atoms with E-state index in [1.54, 1.807) is 16.8 Å². The van der Waals surface area contributed by atoms with E-state index in [0.717, 1.165) is 37.6 Å². The molecule has 0 radical (unpaired) electrons. The molecule has 10 nitrogen and oxygen atoms in total. The lowest BCUT2D eigenvalue weighted by atomic mass is 10.3. The van der Waals surface area contributed by atoms with Crippen LogP contribution in [0.1, 0.15) is 29.5 Å². The van der Waals surface area contributed by atoms with Crippen LogP contribution in [0.2, 0.25) is 0 Å². The maximum Gasteiger partial charge on any atom is 0.277 e. The van der Waals surface area contributed by atoms with Crippen molar-refractivity contribution in [3.05, 3.63) is 36.2 Å². The number of nitrogens with one attached hydrogen (secondary N) is 2. The van der Waals surface area contributed by atoms with Gasteiger partial charge in [0, 0.05) is 25.3 Å². The summed E-state index contributed by atoms with van der Waals surface area (Å²) >= 11 is 0. The number of methoxy groups -OCH3 is 1. The van der Waals surface area contributed by atoms with Crippen LogP contribution >= 0.6 is 0 Å². The van der Waals surface area contributed by atoms with Gasteiger partial charge < -0.3 is 20.3 Å². The molecular formula is C19H24N8O2. The van der Waals surface area contributed by atoms with E-state index in [-0.39, 0.29) is 11.6 Å². The number of ether oxygens (including phenoxy) is 1. The number of carbonyl (C=O) groups excluding carboxylic acids is 1. The number of hydrogen-bond donors (Lipinski definition) is 2. The smallest absolute Gasteiger partial charge is 0.277 e. The number of carbonyl (C=O) groups is 1. The normalized spacial score (nSPS) is 16.4. The molecule has 0 saturated carbocycles. The topological polar surface area (TPSA) is 110 Å². The lowest BCUT2D eigenvalue weighted by Crippen LogP contribution is -2.32. The van der Waals surface area contributed by atoms with Crippen LogP contribution < -0.4 is 20.3 Å². The first kappa shape index (κ1) is 19.1. The van der Waals surface area contributed by atoms with E-state index >= 15 is 0 Å². The Kier molecular flexibility index (Phi) is 5.26. The number of nitrogens with zero attached hydrogens (tertiary/aromatic N) is 6. The number of amides is 1. The van der Waals surface area contributed by atoms with Crippen molar-refractivity contribution in [3.8, 4) is 5.88 Å². The zero-order chi connectivity index (χ0) is 20.4. The SMILES string of the molecule is CCNC1CCN(c2cnc(C(=O)Nc3cn4cc(C)nc4c(OC)n3)cn2)C1. The Morgan fingerprint density at radius 1 is 1.28 bits per heavy atom. The minimum Gasteiger partial charge on any atom is -0.478 e. The Bertz CT molecular complexity index is 1020. The van der Waals surface area contributed by atoms with Crippen LogP contribution in [0.5, 0.6) is 5.88 Å². The van der Waals surface area contributed by atoms with E-state index in [4.69, 9.17) is 4.74 Å². The minimum atomic E-state index is -0.387. The molecule has 3 aromatic heterocycles. The Morgan fingerprint density at radius 3 is 2.86 bits per heavy atom. The largest absolute Gasteiger partial charge is 0.478 e. The van der Waals surface area contributed by atoms with Gasteiger partial charge in [0.05, 0.1) is 31.4 Å². The van der Waals surface area contributed by atoms with Crippen LogP contribution in [0.4, 0.5) is 11.6 Å². The van der Waals surface area contributed by atoms with Crippen molar-refractivity contribution in [1.29, 1.82) is 0 Å². The highest BCUT2D eigenvalue weighted by molar-refractivity contribution is 6.02. The quantitative estimate of drug-likeness (QED) is 0.641. The van der Waals surface area contributed by atoms with Crippen molar-refractivity contribution in [2.75, 3.05) is 37.0 Å². The van der Waals surface area contributed by atoms with Gasteiger partial charge in [0.15, 0.2) is 5.82 Å². The van der Waals surface area contributed by atoms with Gasteiger partial charge in [0.1, 0.15) is 11.5 Å². The summed E-state index contributed by atoms with van der Waals surface area (Å²) in [5.74, 6) is 1.07. The van der Waals surface area contributed by atoms with E-state index in [9.17, 15) is 4.79 Å². The highest BCUT2D eigenvalue weighted by atomic mass is 16.5. The summed E-state index contributed by atoms with van der Waals surface area (Å²) in [5, 5.41) is 6.19. The average molecular weight is 396 g/mol. The third kappa shape index (κ3) is 3.97. The Hall–Kier alpha value is -3.27. The fourth-order valence-corrected chi connectivity index (χ4v) is 3.50. The van der Waals surface area contributed by atoms with Crippen LogP contribution in [0.15, 0.2) is 24.8 Å². The predicted octanol–water partition coefficient (Wildman–Crippen LogP) is 1.28. The standard InChI is InChI=1S/C19H24N8O2/c1-4-20-13-5-6-26(10-13)16-8-21-14(7-22-16)18(28)24-15-11-27-9-12(2)23-17(27)19(25-15)29-3/h7-9,11,13,20H,4-6,10H2,1-3H3,(H,24,28). The molecular weight excluding hydrogens is 372 g/mol. The van der Waals surface area contributed by atoms with Crippen molar-refractivity contribution in [2.45, 2.75) is 26.3 Å². The second-order valence-corrected chi connectivity index (χ2v) is 6.95. The van der Waals surface area contributed by atoms with Gasteiger partial charge in [-0.3, -0.25) is 9.20 Å². The van der Waals surface area contributed by atoms with E-state index in [1.807, 2.05) is 13.1 Å². The molecule has 2 N–H and O–H groups in total. The number of hydrogen-bond acceptors (Lipinski definition) is 8. The number of imidazole rings is 1. The van der Waals surface area contributed by atoms with Crippen LogP contribution in [0.3, 0.4) is 0 Å². The first-order valence-electron chi connectivity index (χ1n) is 9.59. The number of aromatic nitrogens is 5. The summed E-state index contributed by atoms with van der Waals surface area (Å²) in [7, 11) is 1.51. The molecule has 4 rings (SSSR count). The summed E-state index contributed by atoms with van der Waals surface area (Å²) in [4.78, 5) is 32.1. The van der Waals surface area contributed by atoms with Gasteiger partial charge in [0.25, 0.3) is 11.8 Å². The number of aryl methyl sites for hydroxylation is 1. The first-order chi connectivity index (χ1) is 14.1. The molecule has 1 fully saturated rings. The summed E-state index contributed by atoms with van der Waals surface area (Å²) in [6.45, 7) is 6.75. The van der Waals surface area contributed by atoms with Gasteiger partial charge in [-0.05, 0) is 19.9 Å². The summed E-state index contributed by atoms with van der Waals surface area (Å²) in [6.07, 6.45) is 7.71. The zero-order valence-electron chi connectivity index (χ0n) is 16.7. The molecule has 1 aliphatic rings. The van der Waals surface area contributed by atoms with Crippen molar-refractivity contribution in [3.63, 3.8) is 0 Å². The van der Waals surface area contributed by atoms with Gasteiger partial charge in [-0.2, -0.15) is 4.98 Å². The lowest BCUT2D eigenvalue weighted by Gasteiger charge is -2.17. The minimum absolute atomic E-state index is 0.221. The van der Waals surface area contributed by atoms with E-state index in [1.165, 1.54) is 13.3 Å². The Balaban J connectivity index is 1.47. The van der Waals surface area contributed by atoms with Crippen LogP contribution in [-0.4, -0.2) is 63.0 Å². The summed E-state index contributed by atoms with van der Waals surface area (Å²) in [6, 6.07) is 0.465. The number of rotatable bonds is 6. The number of likely N-dealkylation sites (N-methyl/N-ethyl adjacent to an activating group) is 1. The van der Waals surface area contributed by atoms with E-state index in [0.29, 0.717) is 23.4 Å². The molecule has 0 aromatic carbocycles. The lowest BCUT2D eigenvalue weighted by molar-refractivity contribution is 0.102. The van der Waals surface area contributed by atoms with Crippen molar-refractivity contribution in [1.82, 2.24) is 29.7 Å². The number of fused-ring (bicyclic) bond motifs is 1. The van der Waals surface area contributed by atoms with E-state index < -0.39 is 0 Å². The average Bonchev–Trinajstić information content (AvgIpc) is 3.33. The molecule has 10 heteroatoms. The van der Waals surface area contributed by atoms with Gasteiger partial charge >= 0.3 is 0 Å². The van der Waals surface area contributed by atoms with Crippen LogP contribution in [0, 0.1) is 6.92 Å². The Morgan fingerprint density at radius 2 is 2.14 bits per heavy atom. The second kappa shape index (κ2) is 8.00. The fourth-order valence-electron chi connectivity index (χ4n) is 3.50. The zero-order valence-corrected chi connectivity index (χ0v) is 16.7. The maximum absolute atomic E-state index is 12.6. The molecule has 1 unspecified atom stereocenters. The summed E-state index contributed by atoms with van der Waals surface area (Å²) < 4.78 is 7.05. The molecule has 0 bridgehead atoms. The second-order valence-electron chi connectivity index (χ2n) is 6.95. The van der Waals surface area contributed by atoms with E-state index in [2.05, 4.69) is 42.4 Å². The predicted molar refractivity (Wildman–Crippen MR) is 109 cm³/mol. The van der Waals surface area contributed by atoms with Crippen molar-refractivity contribution < 1.29 is 9.53 Å². The highest BCUT2D eigenvalue weighted by Crippen LogP contribution is 2.20. The van der Waals surface area contributed by atoms with Crippen LogP contribution in [-0.2, 0) is 0 Å². The molecule has 4 heterocycles. The van der Waals surface area contributed by atoms with Gasteiger partial charge in [-0.25, -0.2) is 15.0 Å². The molecule has 152 valence electrons. The molecule has 1 amide bonds. The monoisotopic (exact) mass is 396 g/mol. The highest BCUT2D eigenvalue weighted by Gasteiger charge is 2.23. The molecule has 1 aliphatic heterocycles. The third-order valence-electron chi connectivity index (χ3n) is 4.84. The molecule has 29 heavy (non-hydrogen) atoms. The van der Waals surface area contributed by atoms with Crippen molar-refractivity contribution in [2.24, 2.45) is 0 Å². The molecule has 0 aliphatic carbocycles. The maximum atomic E-state index is 12.6. The number of anilines is 2. The van der Waals surface area contributed by atoms with Crippen molar-refractivity contribution >= 4 is 23.2 Å². The molecule has 1 saturated heterocycles. The summed E-state index contributed by atoms with van der Waals surface area (Å²) in [5.41, 5.74) is 1.64. The first-order valence-corrected chi connectivity index (χ1v) is 9.59. The van der Waals surface area contributed by atoms with Crippen LogP contribution in [0.25, 0.3) is 5.65 Å². The molecule has 3 aromatic rings. The van der Waals surface area contributed by atoms with Gasteiger partial charge in [-0.15, -0.1) is 0 Å².